The minimum absolute atomic E-state index is 0.0765. The molecule has 0 radical (unpaired) electrons. The zero-order chi connectivity index (χ0) is 21.5. The van der Waals surface area contributed by atoms with Crippen molar-refractivity contribution in [3.63, 3.8) is 0 Å². The predicted octanol–water partition coefficient (Wildman–Crippen LogP) is 4.58. The summed E-state index contributed by atoms with van der Waals surface area (Å²) in [5.74, 6) is 1.56. The molecule has 1 atom stereocenters. The Morgan fingerprint density at radius 1 is 0.844 bits per heavy atom. The molecule has 2 aliphatic heterocycles. The molecule has 0 bridgehead atoms. The van der Waals surface area contributed by atoms with Crippen molar-refractivity contribution in [1.82, 2.24) is 14.9 Å². The SMILES string of the molecule is NC1=Nc2ccccc2C(c2ccccc2)N1C1CCN(c2nc3ccccc3[nH]2)CC1. The molecule has 0 saturated carbocycles. The van der Waals surface area contributed by atoms with E-state index in [0.29, 0.717) is 12.0 Å². The number of nitrogens with one attached hydrogen (secondary N) is 1. The van der Waals surface area contributed by atoms with Gasteiger partial charge in [-0.2, -0.15) is 0 Å². The van der Waals surface area contributed by atoms with Crippen LogP contribution in [0.4, 0.5) is 11.6 Å². The molecule has 3 heterocycles. The normalized spacial score (nSPS) is 19.1. The predicted molar refractivity (Wildman–Crippen MR) is 129 cm³/mol. The summed E-state index contributed by atoms with van der Waals surface area (Å²) in [5.41, 5.74) is 12.1. The van der Waals surface area contributed by atoms with E-state index < -0.39 is 0 Å². The number of nitrogens with two attached hydrogens (primary N) is 1. The molecule has 1 aromatic heterocycles. The first-order chi connectivity index (χ1) is 15.8. The molecule has 6 nitrogen and oxygen atoms in total. The van der Waals surface area contributed by atoms with Gasteiger partial charge in [-0.15, -0.1) is 0 Å². The lowest BCUT2D eigenvalue weighted by atomic mass is 9.91. The van der Waals surface area contributed by atoms with E-state index in [0.717, 1.165) is 48.6 Å². The number of fused-ring (bicyclic) bond motifs is 2. The fourth-order valence-corrected chi connectivity index (χ4v) is 5.10. The zero-order valence-corrected chi connectivity index (χ0v) is 17.9. The summed E-state index contributed by atoms with van der Waals surface area (Å²) < 4.78 is 0. The third-order valence-corrected chi connectivity index (χ3v) is 6.66. The van der Waals surface area contributed by atoms with Gasteiger partial charge in [0, 0.05) is 24.7 Å². The quantitative estimate of drug-likeness (QED) is 0.507. The smallest absolute Gasteiger partial charge is 0.203 e. The molecule has 1 fully saturated rings. The molecule has 1 saturated heterocycles. The lowest BCUT2D eigenvalue weighted by Crippen LogP contribution is -2.52. The van der Waals surface area contributed by atoms with Crippen LogP contribution in [0, 0.1) is 0 Å². The highest BCUT2D eigenvalue weighted by Gasteiger charge is 2.36. The van der Waals surface area contributed by atoms with Crippen molar-refractivity contribution in [2.24, 2.45) is 10.7 Å². The molecular weight excluding hydrogens is 396 g/mol. The second-order valence-corrected chi connectivity index (χ2v) is 8.55. The van der Waals surface area contributed by atoms with Gasteiger partial charge in [-0.25, -0.2) is 9.98 Å². The summed E-state index contributed by atoms with van der Waals surface area (Å²) in [5, 5.41) is 0. The molecule has 6 heteroatoms. The van der Waals surface area contributed by atoms with Gasteiger partial charge in [0.15, 0.2) is 5.96 Å². The van der Waals surface area contributed by atoms with Crippen molar-refractivity contribution in [2.75, 3.05) is 18.0 Å². The minimum atomic E-state index is 0.0765. The second-order valence-electron chi connectivity index (χ2n) is 8.55. The van der Waals surface area contributed by atoms with Crippen LogP contribution in [-0.2, 0) is 0 Å². The Labute approximate surface area is 187 Å². The molecule has 4 aromatic rings. The number of benzene rings is 3. The summed E-state index contributed by atoms with van der Waals surface area (Å²) in [7, 11) is 0. The van der Waals surface area contributed by atoms with Crippen molar-refractivity contribution in [1.29, 1.82) is 0 Å². The van der Waals surface area contributed by atoms with Crippen molar-refractivity contribution >= 4 is 28.6 Å². The van der Waals surface area contributed by atoms with Gasteiger partial charge in [-0.3, -0.25) is 0 Å². The van der Waals surface area contributed by atoms with Crippen LogP contribution in [0.15, 0.2) is 83.9 Å². The molecule has 32 heavy (non-hydrogen) atoms. The Morgan fingerprint density at radius 3 is 2.38 bits per heavy atom. The zero-order valence-electron chi connectivity index (χ0n) is 17.9. The number of hydrogen-bond donors (Lipinski definition) is 2. The number of rotatable bonds is 3. The van der Waals surface area contributed by atoms with Crippen LogP contribution >= 0.6 is 0 Å². The maximum absolute atomic E-state index is 6.59. The number of anilines is 1. The summed E-state index contributed by atoms with van der Waals surface area (Å²) >= 11 is 0. The maximum Gasteiger partial charge on any atom is 0.203 e. The number of aliphatic imine (C=N–C) groups is 1. The Bertz CT molecular complexity index is 1240. The summed E-state index contributed by atoms with van der Waals surface area (Å²) in [6.07, 6.45) is 2.00. The van der Waals surface area contributed by atoms with Gasteiger partial charge >= 0.3 is 0 Å². The average molecular weight is 423 g/mol. The number of hydrogen-bond acceptors (Lipinski definition) is 5. The van der Waals surface area contributed by atoms with Crippen LogP contribution in [-0.4, -0.2) is 40.0 Å². The summed E-state index contributed by atoms with van der Waals surface area (Å²) in [4.78, 5) is 17.7. The topological polar surface area (TPSA) is 73.5 Å². The molecule has 0 aliphatic carbocycles. The van der Waals surface area contributed by atoms with E-state index in [4.69, 9.17) is 15.7 Å². The van der Waals surface area contributed by atoms with Gasteiger partial charge in [0.1, 0.15) is 0 Å². The van der Waals surface area contributed by atoms with Crippen molar-refractivity contribution in [2.45, 2.75) is 24.9 Å². The Morgan fingerprint density at radius 2 is 1.56 bits per heavy atom. The molecule has 160 valence electrons. The van der Waals surface area contributed by atoms with E-state index in [-0.39, 0.29) is 6.04 Å². The van der Waals surface area contributed by atoms with Crippen LogP contribution in [0.2, 0.25) is 0 Å². The molecule has 0 amide bonds. The number of para-hydroxylation sites is 3. The molecule has 2 aliphatic rings. The van der Waals surface area contributed by atoms with Gasteiger partial charge in [0.2, 0.25) is 5.95 Å². The number of imidazole rings is 1. The van der Waals surface area contributed by atoms with Crippen LogP contribution < -0.4 is 10.6 Å². The Balaban J connectivity index is 1.29. The standard InChI is InChI=1S/C26H26N6/c27-25-28-21-11-5-4-10-20(21)24(18-8-2-1-3-9-18)32(25)19-14-16-31(17-15-19)26-29-22-12-6-7-13-23(22)30-26/h1-13,19,24H,14-17H2,(H2,27,28)(H,29,30). The first-order valence-corrected chi connectivity index (χ1v) is 11.2. The highest BCUT2D eigenvalue weighted by molar-refractivity contribution is 5.85. The average Bonchev–Trinajstić information content (AvgIpc) is 3.28. The molecule has 1 unspecified atom stereocenters. The van der Waals surface area contributed by atoms with E-state index in [1.165, 1.54) is 11.1 Å². The summed E-state index contributed by atoms with van der Waals surface area (Å²) in [6, 6.07) is 27.6. The van der Waals surface area contributed by atoms with E-state index in [1.54, 1.807) is 0 Å². The number of aromatic nitrogens is 2. The van der Waals surface area contributed by atoms with Crippen molar-refractivity contribution < 1.29 is 0 Å². The van der Waals surface area contributed by atoms with Gasteiger partial charge in [-0.1, -0.05) is 60.7 Å². The van der Waals surface area contributed by atoms with Gasteiger partial charge in [0.25, 0.3) is 0 Å². The maximum atomic E-state index is 6.59. The lowest BCUT2D eigenvalue weighted by molar-refractivity contribution is 0.222. The van der Waals surface area contributed by atoms with Crippen LogP contribution in [0.3, 0.4) is 0 Å². The van der Waals surface area contributed by atoms with E-state index in [9.17, 15) is 0 Å². The lowest BCUT2D eigenvalue weighted by Gasteiger charge is -2.45. The number of H-pyrrole nitrogens is 1. The van der Waals surface area contributed by atoms with Gasteiger partial charge in [-0.05, 0) is 36.6 Å². The highest BCUT2D eigenvalue weighted by atomic mass is 15.3. The summed E-state index contributed by atoms with van der Waals surface area (Å²) in [6.45, 7) is 1.86. The van der Waals surface area contributed by atoms with Crippen molar-refractivity contribution in [3.8, 4) is 0 Å². The largest absolute Gasteiger partial charge is 0.369 e. The van der Waals surface area contributed by atoms with Gasteiger partial charge < -0.3 is 20.5 Å². The third kappa shape index (κ3) is 3.19. The molecule has 3 N–H and O–H groups in total. The van der Waals surface area contributed by atoms with E-state index >= 15 is 0 Å². The highest BCUT2D eigenvalue weighted by Crippen LogP contribution is 2.41. The molecule has 3 aromatic carbocycles. The molecule has 6 rings (SSSR count). The first kappa shape index (κ1) is 18.9. The van der Waals surface area contributed by atoms with Crippen LogP contribution in [0.1, 0.15) is 30.0 Å². The van der Waals surface area contributed by atoms with Crippen LogP contribution in [0.5, 0.6) is 0 Å². The Kier molecular flexibility index (Phi) is 4.56. The third-order valence-electron chi connectivity index (χ3n) is 6.66. The monoisotopic (exact) mass is 422 g/mol. The molecular formula is C26H26N6. The van der Waals surface area contributed by atoms with E-state index in [2.05, 4.69) is 75.4 Å². The number of piperidine rings is 1. The number of guanidine groups is 1. The van der Waals surface area contributed by atoms with Crippen molar-refractivity contribution in [3.05, 3.63) is 90.0 Å². The Hall–Kier alpha value is -3.80. The second kappa shape index (κ2) is 7.71. The first-order valence-electron chi connectivity index (χ1n) is 11.2. The van der Waals surface area contributed by atoms with E-state index in [1.807, 2.05) is 18.2 Å². The number of aromatic amines is 1. The fraction of sp³-hybridized carbons (Fsp3) is 0.231. The minimum Gasteiger partial charge on any atom is -0.369 e. The van der Waals surface area contributed by atoms with Crippen LogP contribution in [0.25, 0.3) is 11.0 Å². The molecule has 0 spiro atoms. The fourth-order valence-electron chi connectivity index (χ4n) is 5.10. The number of nitrogens with zero attached hydrogens (tertiary/aromatic N) is 4. The van der Waals surface area contributed by atoms with Gasteiger partial charge in [0.05, 0.1) is 22.8 Å².